The summed E-state index contributed by atoms with van der Waals surface area (Å²) in [7, 11) is 0. The van der Waals surface area contributed by atoms with Gasteiger partial charge in [0.2, 0.25) is 0 Å². The minimum atomic E-state index is 0.0957. The molecule has 0 heterocycles. The van der Waals surface area contributed by atoms with Gasteiger partial charge >= 0.3 is 0 Å². The van der Waals surface area contributed by atoms with E-state index in [2.05, 4.69) is 18.7 Å². The van der Waals surface area contributed by atoms with Crippen LogP contribution in [0.3, 0.4) is 0 Å². The molecule has 0 unspecified atom stereocenters. The van der Waals surface area contributed by atoms with Crippen LogP contribution in [0.1, 0.15) is 12.5 Å². The van der Waals surface area contributed by atoms with Gasteiger partial charge in [0, 0.05) is 11.8 Å². The van der Waals surface area contributed by atoms with Crippen LogP contribution >= 0.6 is 11.8 Å². The summed E-state index contributed by atoms with van der Waals surface area (Å²) in [5.41, 5.74) is 1.04. The monoisotopic (exact) mass is 228 g/mol. The van der Waals surface area contributed by atoms with E-state index in [4.69, 9.17) is 0 Å². The summed E-state index contributed by atoms with van der Waals surface area (Å²) < 4.78 is 0. The zero-order chi connectivity index (χ0) is 11.5. The number of thioether (sulfide) groups is 1. The third kappa shape index (κ3) is 2.02. The number of rotatable bonds is 2. The van der Waals surface area contributed by atoms with Crippen molar-refractivity contribution in [3.8, 4) is 0 Å². The van der Waals surface area contributed by atoms with Crippen molar-refractivity contribution >= 4 is 33.7 Å². The largest absolute Gasteiger partial charge is 0.287 e. The Bertz CT molecular complexity index is 558. The first-order valence-electron chi connectivity index (χ1n) is 5.05. The Morgan fingerprint density at radius 3 is 2.69 bits per heavy atom. The highest BCUT2D eigenvalue weighted by molar-refractivity contribution is 8.13. The Hall–Kier alpha value is -1.54. The second-order valence-corrected chi connectivity index (χ2v) is 4.72. The molecule has 0 N–H and O–H groups in total. The standard InChI is InChI=1S/C14H12OS/c1-3-12-13-7-5-4-6-11(13)8-9-14(12)16-10(2)15/h3-9H,1H2,2H3. The van der Waals surface area contributed by atoms with Crippen LogP contribution in [0.5, 0.6) is 0 Å². The molecule has 2 aromatic rings. The smallest absolute Gasteiger partial charge is 0.190 e. The van der Waals surface area contributed by atoms with Gasteiger partial charge in [-0.2, -0.15) is 0 Å². The third-order valence-electron chi connectivity index (χ3n) is 2.39. The fraction of sp³-hybridized carbons (Fsp3) is 0.0714. The van der Waals surface area contributed by atoms with E-state index in [1.165, 1.54) is 17.1 Å². The number of hydrogen-bond acceptors (Lipinski definition) is 2. The maximum Gasteiger partial charge on any atom is 0.190 e. The first kappa shape index (κ1) is 11.0. The molecule has 0 amide bonds. The fourth-order valence-electron chi connectivity index (χ4n) is 1.73. The first-order valence-corrected chi connectivity index (χ1v) is 5.86. The minimum Gasteiger partial charge on any atom is -0.287 e. The van der Waals surface area contributed by atoms with E-state index >= 15 is 0 Å². The summed E-state index contributed by atoms with van der Waals surface area (Å²) in [6.07, 6.45) is 1.81. The average Bonchev–Trinajstić information content (AvgIpc) is 2.28. The van der Waals surface area contributed by atoms with Gasteiger partial charge in [0.1, 0.15) is 0 Å². The second kappa shape index (κ2) is 4.54. The Morgan fingerprint density at radius 1 is 1.25 bits per heavy atom. The van der Waals surface area contributed by atoms with Crippen LogP contribution in [-0.4, -0.2) is 5.12 Å². The number of carbonyl (C=O) groups is 1. The molecule has 0 atom stereocenters. The molecule has 2 heteroatoms. The highest BCUT2D eigenvalue weighted by Gasteiger charge is 2.06. The molecule has 0 radical (unpaired) electrons. The van der Waals surface area contributed by atoms with Gasteiger partial charge in [0.15, 0.2) is 5.12 Å². The van der Waals surface area contributed by atoms with E-state index in [1.54, 1.807) is 6.92 Å². The predicted octanol–water partition coefficient (Wildman–Crippen LogP) is 4.12. The molecule has 0 aliphatic rings. The zero-order valence-electron chi connectivity index (χ0n) is 9.07. The van der Waals surface area contributed by atoms with Crippen LogP contribution in [0.4, 0.5) is 0 Å². The lowest BCUT2D eigenvalue weighted by Crippen LogP contribution is -1.87. The topological polar surface area (TPSA) is 17.1 Å². The molecule has 0 aliphatic carbocycles. The maximum absolute atomic E-state index is 11.1. The van der Waals surface area contributed by atoms with Crippen molar-refractivity contribution in [1.82, 2.24) is 0 Å². The number of hydrogen-bond donors (Lipinski definition) is 0. The van der Waals surface area contributed by atoms with E-state index < -0.39 is 0 Å². The second-order valence-electron chi connectivity index (χ2n) is 3.50. The molecule has 0 bridgehead atoms. The van der Waals surface area contributed by atoms with E-state index in [1.807, 2.05) is 30.3 Å². The lowest BCUT2D eigenvalue weighted by atomic mass is 10.0. The van der Waals surface area contributed by atoms with Gasteiger partial charge in [-0.25, -0.2) is 0 Å². The Morgan fingerprint density at radius 2 is 2.00 bits per heavy atom. The van der Waals surface area contributed by atoms with Crippen LogP contribution in [0.25, 0.3) is 16.8 Å². The number of carbonyl (C=O) groups excluding carboxylic acids is 1. The molecule has 2 rings (SSSR count). The third-order valence-corrected chi connectivity index (χ3v) is 3.25. The fourth-order valence-corrected chi connectivity index (χ4v) is 2.48. The van der Waals surface area contributed by atoms with Crippen molar-refractivity contribution in [2.45, 2.75) is 11.8 Å². The van der Waals surface area contributed by atoms with Crippen LogP contribution in [-0.2, 0) is 4.79 Å². The highest BCUT2D eigenvalue weighted by Crippen LogP contribution is 2.30. The van der Waals surface area contributed by atoms with Crippen molar-refractivity contribution in [3.63, 3.8) is 0 Å². The van der Waals surface area contributed by atoms with E-state index in [9.17, 15) is 4.79 Å². The molecular weight excluding hydrogens is 216 g/mol. The molecule has 0 fully saturated rings. The predicted molar refractivity (Wildman–Crippen MR) is 70.6 cm³/mol. The molecule has 0 spiro atoms. The van der Waals surface area contributed by atoms with Gasteiger partial charge < -0.3 is 0 Å². The van der Waals surface area contributed by atoms with Gasteiger partial charge in [-0.3, -0.25) is 4.79 Å². The van der Waals surface area contributed by atoms with Gasteiger partial charge in [-0.1, -0.05) is 54.7 Å². The van der Waals surface area contributed by atoms with Gasteiger partial charge in [0.05, 0.1) is 0 Å². The molecular formula is C14H12OS. The molecule has 1 nitrogen and oxygen atoms in total. The lowest BCUT2D eigenvalue weighted by molar-refractivity contribution is -0.109. The van der Waals surface area contributed by atoms with E-state index in [0.717, 1.165) is 15.8 Å². The zero-order valence-corrected chi connectivity index (χ0v) is 9.88. The molecule has 80 valence electrons. The molecule has 16 heavy (non-hydrogen) atoms. The summed E-state index contributed by atoms with van der Waals surface area (Å²) in [5, 5.41) is 2.41. The first-order chi connectivity index (χ1) is 7.72. The normalized spacial score (nSPS) is 10.3. The van der Waals surface area contributed by atoms with Gasteiger partial charge in [-0.05, 0) is 22.4 Å². The minimum absolute atomic E-state index is 0.0957. The Labute approximate surface area is 99.2 Å². The van der Waals surface area contributed by atoms with Crippen molar-refractivity contribution in [2.75, 3.05) is 0 Å². The van der Waals surface area contributed by atoms with E-state index in [-0.39, 0.29) is 5.12 Å². The van der Waals surface area contributed by atoms with Crippen molar-refractivity contribution in [3.05, 3.63) is 48.5 Å². The van der Waals surface area contributed by atoms with E-state index in [0.29, 0.717) is 0 Å². The Balaban J connectivity index is 2.67. The summed E-state index contributed by atoms with van der Waals surface area (Å²) in [6.45, 7) is 5.40. The van der Waals surface area contributed by atoms with Crippen LogP contribution in [0.2, 0.25) is 0 Å². The van der Waals surface area contributed by atoms with Crippen molar-refractivity contribution in [2.24, 2.45) is 0 Å². The Kier molecular flexibility index (Phi) is 3.11. The van der Waals surface area contributed by atoms with Crippen LogP contribution in [0, 0.1) is 0 Å². The molecule has 0 aliphatic heterocycles. The quantitative estimate of drug-likeness (QED) is 0.719. The maximum atomic E-state index is 11.1. The molecule has 2 aromatic carbocycles. The summed E-state index contributed by atoms with van der Waals surface area (Å²) in [5.74, 6) is 0. The van der Waals surface area contributed by atoms with Gasteiger partial charge in [-0.15, -0.1) is 0 Å². The van der Waals surface area contributed by atoms with Crippen molar-refractivity contribution in [1.29, 1.82) is 0 Å². The lowest BCUT2D eigenvalue weighted by Gasteiger charge is -2.07. The van der Waals surface area contributed by atoms with Crippen LogP contribution < -0.4 is 0 Å². The molecule has 0 saturated heterocycles. The highest BCUT2D eigenvalue weighted by atomic mass is 32.2. The van der Waals surface area contributed by atoms with Crippen LogP contribution in [0.15, 0.2) is 47.9 Å². The summed E-state index contributed by atoms with van der Waals surface area (Å²) >= 11 is 1.25. The SMILES string of the molecule is C=Cc1c(SC(C)=O)ccc2ccccc12. The van der Waals surface area contributed by atoms with Gasteiger partial charge in [0.25, 0.3) is 0 Å². The average molecular weight is 228 g/mol. The number of fused-ring (bicyclic) bond motifs is 1. The molecule has 0 saturated carbocycles. The molecule has 0 aromatic heterocycles. The number of benzene rings is 2. The van der Waals surface area contributed by atoms with Crippen molar-refractivity contribution < 1.29 is 4.79 Å². The summed E-state index contributed by atoms with van der Waals surface area (Å²) in [4.78, 5) is 12.1. The summed E-state index contributed by atoms with van der Waals surface area (Å²) in [6, 6.07) is 12.1.